The number of hydrogen-bond donors (Lipinski definition) is 3. The van der Waals surface area contributed by atoms with Crippen LogP contribution in [0, 0.1) is 0 Å². The molecule has 0 aliphatic heterocycles. The highest BCUT2D eigenvalue weighted by molar-refractivity contribution is 5.95. The molecular formula is C20H25AlO11. The summed E-state index contributed by atoms with van der Waals surface area (Å²) < 4.78 is 37.0. The van der Waals surface area contributed by atoms with Gasteiger partial charge in [-0.2, -0.15) is 0 Å². The van der Waals surface area contributed by atoms with Gasteiger partial charge in [0.25, 0.3) is 0 Å². The first-order chi connectivity index (χ1) is 15.3. The van der Waals surface area contributed by atoms with Gasteiger partial charge < -0.3 is 42.8 Å². The second kappa shape index (κ2) is 14.6. The van der Waals surface area contributed by atoms with Gasteiger partial charge in [0, 0.05) is 0 Å². The van der Waals surface area contributed by atoms with Crippen LogP contribution in [-0.4, -0.2) is 85.6 Å². The van der Waals surface area contributed by atoms with Crippen LogP contribution in [0.25, 0.3) is 0 Å². The van der Waals surface area contributed by atoms with E-state index in [4.69, 9.17) is 42.8 Å². The van der Waals surface area contributed by atoms with Gasteiger partial charge in [-0.15, -0.1) is 0 Å². The minimum Gasteiger partial charge on any atom is -0.529 e. The van der Waals surface area contributed by atoms with Crippen molar-refractivity contribution in [3.63, 3.8) is 0 Å². The Labute approximate surface area is 193 Å². The van der Waals surface area contributed by atoms with E-state index in [1.165, 1.54) is 83.5 Å². The molecule has 0 aromatic heterocycles. The van der Waals surface area contributed by atoms with Gasteiger partial charge in [-0.25, -0.2) is 9.59 Å². The molecule has 0 saturated heterocycles. The lowest BCUT2D eigenvalue weighted by Crippen LogP contribution is -2.01. The number of carboxylic acid groups (broad SMARTS) is 2. The fourth-order valence-corrected chi connectivity index (χ4v) is 2.41. The largest absolute Gasteiger partial charge is 0.529 e. The van der Waals surface area contributed by atoms with E-state index in [2.05, 4.69) is 0 Å². The van der Waals surface area contributed by atoms with Crippen LogP contribution in [0.3, 0.4) is 0 Å². The quantitative estimate of drug-likeness (QED) is 0.487. The Kier molecular flexibility index (Phi) is 13.1. The molecule has 3 N–H and O–H groups in total. The normalized spacial score (nSPS) is 9.09. The van der Waals surface area contributed by atoms with E-state index in [1.54, 1.807) is 0 Å². The molecule has 2 radical (unpaired) electrons. The summed E-state index contributed by atoms with van der Waals surface area (Å²) in [4.78, 5) is 21.6. The summed E-state index contributed by atoms with van der Waals surface area (Å²) in [5, 5.41) is 17.7. The molecule has 0 bridgehead atoms. The molecule has 0 aliphatic carbocycles. The zero-order valence-electron chi connectivity index (χ0n) is 18.5. The van der Waals surface area contributed by atoms with Gasteiger partial charge in [-0.3, -0.25) is 0 Å². The maximum absolute atomic E-state index is 10.8. The van der Waals surface area contributed by atoms with Gasteiger partial charge in [-0.05, 0) is 24.3 Å². The Morgan fingerprint density at radius 1 is 0.562 bits per heavy atom. The van der Waals surface area contributed by atoms with Crippen molar-refractivity contribution < 1.29 is 52.4 Å². The van der Waals surface area contributed by atoms with E-state index in [9.17, 15) is 9.59 Å². The van der Waals surface area contributed by atoms with Crippen molar-refractivity contribution in [1.82, 2.24) is 0 Å². The minimum atomic E-state index is -1.05. The zero-order valence-corrected chi connectivity index (χ0v) is 19.6. The van der Waals surface area contributed by atoms with Crippen molar-refractivity contribution in [3.8, 4) is 34.5 Å². The molecule has 0 unspecified atom stereocenters. The van der Waals surface area contributed by atoms with Gasteiger partial charge >= 0.3 is 28.6 Å². The van der Waals surface area contributed by atoms with Crippen LogP contribution in [0.15, 0.2) is 24.3 Å². The molecule has 12 heteroatoms. The molecule has 0 amide bonds. The Morgan fingerprint density at radius 3 is 0.906 bits per heavy atom. The van der Waals surface area contributed by atoms with Gasteiger partial charge in [0.05, 0.1) is 53.8 Å². The number of rotatable bonds is 8. The summed E-state index contributed by atoms with van der Waals surface area (Å²) in [6.45, 7) is 0. The molecule has 0 saturated carbocycles. The molecule has 2 rings (SSSR count). The average Bonchev–Trinajstić information content (AvgIpc) is 2.83. The van der Waals surface area contributed by atoms with Crippen molar-refractivity contribution in [1.29, 1.82) is 0 Å². The van der Waals surface area contributed by atoms with Crippen LogP contribution in [0.4, 0.5) is 0 Å². The minimum absolute atomic E-state index is 0.0875. The molecule has 0 heterocycles. The van der Waals surface area contributed by atoms with Crippen molar-refractivity contribution in [2.45, 2.75) is 0 Å². The smallest absolute Gasteiger partial charge is 0.363 e. The third-order valence-corrected chi connectivity index (χ3v) is 3.82. The number of hydrogen-bond acceptors (Lipinski definition) is 9. The molecule has 174 valence electrons. The SMILES string of the molecule is COc1cc(C(=O)O)cc(OC)c1OC.COc1cc(C(=O)O)cc(OC)c1OC.[OH][Al]. The maximum Gasteiger partial charge on any atom is 0.363 e. The number of ether oxygens (including phenoxy) is 6. The first-order valence-electron chi connectivity index (χ1n) is 8.60. The lowest BCUT2D eigenvalue weighted by atomic mass is 10.2. The van der Waals surface area contributed by atoms with Crippen LogP contribution in [-0.2, 0) is 0 Å². The van der Waals surface area contributed by atoms with Gasteiger partial charge in [0.1, 0.15) is 0 Å². The highest BCUT2D eigenvalue weighted by Gasteiger charge is 2.17. The number of methoxy groups -OCH3 is 6. The standard InChI is InChI=1S/2C10H12O5.Al.H2O/c2*1-13-7-4-6(10(11)12)5-8(14-2)9(7)15-3;;/h2*4-5H,1-3H3,(H,11,12);;1H2/q;;+1;/p-1. The van der Waals surface area contributed by atoms with E-state index in [-0.39, 0.29) is 11.1 Å². The number of benzene rings is 2. The lowest BCUT2D eigenvalue weighted by Gasteiger charge is -2.12. The molecular weight excluding hydrogens is 443 g/mol. The lowest BCUT2D eigenvalue weighted by molar-refractivity contribution is 0.0685. The first kappa shape index (κ1) is 28.7. The predicted octanol–water partition coefficient (Wildman–Crippen LogP) is 1.88. The van der Waals surface area contributed by atoms with Crippen LogP contribution >= 0.6 is 0 Å². The summed E-state index contributed by atoms with van der Waals surface area (Å²) in [6, 6.07) is 5.51. The molecule has 2 aromatic carbocycles. The monoisotopic (exact) mass is 468 g/mol. The third kappa shape index (κ3) is 7.42. The number of carbonyl (C=O) groups is 2. The molecule has 0 aliphatic rings. The van der Waals surface area contributed by atoms with E-state index in [0.717, 1.165) is 0 Å². The highest BCUT2D eigenvalue weighted by Crippen LogP contribution is 2.39. The number of aromatic carboxylic acids is 2. The van der Waals surface area contributed by atoms with Crippen LogP contribution < -0.4 is 28.4 Å². The highest BCUT2D eigenvalue weighted by atomic mass is 27.1. The summed E-state index contributed by atoms with van der Waals surface area (Å²) in [6.07, 6.45) is 0. The predicted molar refractivity (Wildman–Crippen MR) is 114 cm³/mol. The van der Waals surface area contributed by atoms with Gasteiger partial charge in [0.2, 0.25) is 11.5 Å². The van der Waals surface area contributed by atoms with Crippen molar-refractivity contribution in [2.75, 3.05) is 42.7 Å². The molecule has 0 fully saturated rings. The fourth-order valence-electron chi connectivity index (χ4n) is 2.41. The Balaban J connectivity index is 0.000000557. The first-order valence-corrected chi connectivity index (χ1v) is 9.11. The Bertz CT molecular complexity index is 776. The second-order valence-electron chi connectivity index (χ2n) is 5.44. The van der Waals surface area contributed by atoms with E-state index in [1.807, 2.05) is 0 Å². The zero-order chi connectivity index (χ0) is 24.8. The average molecular weight is 468 g/mol. The molecule has 11 nitrogen and oxygen atoms in total. The van der Waals surface area contributed by atoms with E-state index in [0.29, 0.717) is 34.5 Å². The molecule has 32 heavy (non-hydrogen) atoms. The van der Waals surface area contributed by atoms with Crippen LogP contribution in [0.2, 0.25) is 0 Å². The van der Waals surface area contributed by atoms with Gasteiger partial charge in [0.15, 0.2) is 23.0 Å². The fraction of sp³-hybridized carbons (Fsp3) is 0.300. The number of carboxylic acids is 2. The second-order valence-corrected chi connectivity index (χ2v) is 5.44. The van der Waals surface area contributed by atoms with Gasteiger partial charge in [-0.1, -0.05) is 0 Å². The topological polar surface area (TPSA) is 150 Å². The molecule has 0 atom stereocenters. The summed E-state index contributed by atoms with van der Waals surface area (Å²) in [5.74, 6) is -0.0227. The van der Waals surface area contributed by atoms with Crippen LogP contribution in [0.1, 0.15) is 20.7 Å². The Morgan fingerprint density at radius 2 is 0.781 bits per heavy atom. The third-order valence-electron chi connectivity index (χ3n) is 3.82. The molecule has 2 aromatic rings. The van der Waals surface area contributed by atoms with Crippen molar-refractivity contribution in [3.05, 3.63) is 35.4 Å². The van der Waals surface area contributed by atoms with Crippen molar-refractivity contribution >= 4 is 28.6 Å². The van der Waals surface area contributed by atoms with Crippen LogP contribution in [0.5, 0.6) is 34.5 Å². The van der Waals surface area contributed by atoms with E-state index >= 15 is 0 Å². The maximum atomic E-state index is 10.8. The van der Waals surface area contributed by atoms with Crippen molar-refractivity contribution in [2.24, 2.45) is 0 Å². The summed E-state index contributed by atoms with van der Waals surface area (Å²) in [5.41, 5.74) is 0.175. The summed E-state index contributed by atoms with van der Waals surface area (Å²) >= 11 is 1.42. The Hall–Kier alpha value is -3.33. The summed E-state index contributed by atoms with van der Waals surface area (Å²) in [7, 11) is 8.65. The molecule has 0 spiro atoms. The van der Waals surface area contributed by atoms with E-state index < -0.39 is 11.9 Å².